The summed E-state index contributed by atoms with van der Waals surface area (Å²) in [6, 6.07) is 6.47. The number of nitrogens with two attached hydrogens (primary N) is 1. The Bertz CT molecular complexity index is 742. The summed E-state index contributed by atoms with van der Waals surface area (Å²) in [5.41, 5.74) is 7.08. The number of hydrogen-bond acceptors (Lipinski definition) is 4. The lowest BCUT2D eigenvalue weighted by Crippen LogP contribution is -2.41. The van der Waals surface area contributed by atoms with E-state index in [0.717, 1.165) is 19.4 Å². The minimum atomic E-state index is -0.319. The van der Waals surface area contributed by atoms with Gasteiger partial charge in [0.15, 0.2) is 0 Å². The van der Waals surface area contributed by atoms with Gasteiger partial charge in [0.1, 0.15) is 0 Å². The van der Waals surface area contributed by atoms with E-state index in [1.165, 1.54) is 12.8 Å². The van der Waals surface area contributed by atoms with Crippen LogP contribution in [-0.2, 0) is 4.79 Å². The first-order valence-corrected chi connectivity index (χ1v) is 11.6. The molecule has 1 aromatic rings. The molecule has 0 saturated heterocycles. The van der Waals surface area contributed by atoms with E-state index in [-0.39, 0.29) is 36.2 Å². The first kappa shape index (κ1) is 24.9. The molecule has 1 saturated carbocycles. The van der Waals surface area contributed by atoms with Crippen LogP contribution >= 0.6 is 0 Å². The summed E-state index contributed by atoms with van der Waals surface area (Å²) >= 11 is 0. The van der Waals surface area contributed by atoms with Crippen LogP contribution in [0.1, 0.15) is 73.6 Å². The van der Waals surface area contributed by atoms with Crippen LogP contribution < -0.4 is 16.4 Å². The molecule has 31 heavy (non-hydrogen) atoms. The second kappa shape index (κ2) is 12.4. The zero-order chi connectivity index (χ0) is 22.8. The van der Waals surface area contributed by atoms with Crippen molar-refractivity contribution in [1.29, 1.82) is 0 Å². The van der Waals surface area contributed by atoms with Gasteiger partial charge in [-0.15, -0.1) is 0 Å². The average Bonchev–Trinajstić information content (AvgIpc) is 3.59. The van der Waals surface area contributed by atoms with Gasteiger partial charge in [-0.05, 0) is 56.2 Å². The zero-order valence-corrected chi connectivity index (χ0v) is 19.2. The van der Waals surface area contributed by atoms with Gasteiger partial charge in [-0.3, -0.25) is 14.4 Å². The highest BCUT2D eigenvalue weighted by Gasteiger charge is 2.24. The highest BCUT2D eigenvalue weighted by molar-refractivity contribution is 5.99. The second-order valence-electron chi connectivity index (χ2n) is 8.67. The van der Waals surface area contributed by atoms with Gasteiger partial charge < -0.3 is 21.3 Å². The molecule has 0 aromatic heterocycles. The average molecular weight is 431 g/mol. The van der Waals surface area contributed by atoms with E-state index in [1.54, 1.807) is 24.3 Å². The second-order valence-corrected chi connectivity index (χ2v) is 8.67. The normalized spacial score (nSPS) is 15.1. The van der Waals surface area contributed by atoms with Gasteiger partial charge in [-0.2, -0.15) is 0 Å². The topological polar surface area (TPSA) is 105 Å². The SMILES string of the molecule is CCCN(CCC)C(=O)c1cccc(C(=O)NCC(N)CC(C)C(=O)NCC2CC2)c1. The van der Waals surface area contributed by atoms with Crippen molar-refractivity contribution in [3.63, 3.8) is 0 Å². The highest BCUT2D eigenvalue weighted by Crippen LogP contribution is 2.27. The van der Waals surface area contributed by atoms with E-state index in [9.17, 15) is 14.4 Å². The Morgan fingerprint density at radius 2 is 1.74 bits per heavy atom. The summed E-state index contributed by atoms with van der Waals surface area (Å²) in [6.45, 7) is 8.36. The van der Waals surface area contributed by atoms with Crippen molar-refractivity contribution in [3.8, 4) is 0 Å². The van der Waals surface area contributed by atoms with Crippen molar-refractivity contribution in [2.45, 2.75) is 58.9 Å². The van der Waals surface area contributed by atoms with Crippen LogP contribution in [0.2, 0.25) is 0 Å². The Labute approximate surface area is 186 Å². The molecule has 0 radical (unpaired) electrons. The Morgan fingerprint density at radius 1 is 1.10 bits per heavy atom. The van der Waals surface area contributed by atoms with Crippen molar-refractivity contribution in [1.82, 2.24) is 15.5 Å². The van der Waals surface area contributed by atoms with Crippen LogP contribution in [0.25, 0.3) is 0 Å². The predicted octanol–water partition coefficient (Wildman–Crippen LogP) is 2.56. The van der Waals surface area contributed by atoms with Crippen LogP contribution in [0.4, 0.5) is 0 Å². The maximum absolute atomic E-state index is 12.8. The van der Waals surface area contributed by atoms with Gasteiger partial charge in [0.25, 0.3) is 11.8 Å². The largest absolute Gasteiger partial charge is 0.356 e. The predicted molar refractivity (Wildman–Crippen MR) is 123 cm³/mol. The van der Waals surface area contributed by atoms with Crippen molar-refractivity contribution in [2.75, 3.05) is 26.2 Å². The number of nitrogens with one attached hydrogen (secondary N) is 2. The number of nitrogens with zero attached hydrogens (tertiary/aromatic N) is 1. The van der Waals surface area contributed by atoms with Crippen LogP contribution in [0.5, 0.6) is 0 Å². The summed E-state index contributed by atoms with van der Waals surface area (Å²) in [4.78, 5) is 39.3. The smallest absolute Gasteiger partial charge is 0.253 e. The van der Waals surface area contributed by atoms with E-state index in [0.29, 0.717) is 36.6 Å². The molecule has 3 amide bonds. The molecule has 0 bridgehead atoms. The number of rotatable bonds is 13. The molecule has 2 unspecified atom stereocenters. The Hall–Kier alpha value is -2.41. The van der Waals surface area contributed by atoms with E-state index in [1.807, 2.05) is 25.7 Å². The lowest BCUT2D eigenvalue weighted by molar-refractivity contribution is -0.124. The number of carbonyl (C=O) groups is 3. The zero-order valence-electron chi connectivity index (χ0n) is 19.2. The van der Waals surface area contributed by atoms with E-state index >= 15 is 0 Å². The van der Waals surface area contributed by atoms with Gasteiger partial charge in [-0.25, -0.2) is 0 Å². The molecule has 0 aliphatic heterocycles. The molecule has 1 aromatic carbocycles. The minimum absolute atomic E-state index is 0.0172. The number of hydrogen-bond donors (Lipinski definition) is 3. The molecule has 2 rings (SSSR count). The molecule has 2 atom stereocenters. The quantitative estimate of drug-likeness (QED) is 0.447. The van der Waals surface area contributed by atoms with Gasteiger partial charge in [0, 0.05) is 49.3 Å². The number of amides is 3. The fourth-order valence-electron chi connectivity index (χ4n) is 3.54. The van der Waals surface area contributed by atoms with Gasteiger partial charge in [-0.1, -0.05) is 26.8 Å². The Morgan fingerprint density at radius 3 is 2.35 bits per heavy atom. The van der Waals surface area contributed by atoms with Crippen LogP contribution in [0, 0.1) is 11.8 Å². The first-order valence-electron chi connectivity index (χ1n) is 11.6. The Kier molecular flexibility index (Phi) is 9.98. The van der Waals surface area contributed by atoms with Gasteiger partial charge in [0.05, 0.1) is 0 Å². The minimum Gasteiger partial charge on any atom is -0.356 e. The summed E-state index contributed by atoms with van der Waals surface area (Å²) in [7, 11) is 0. The number of carbonyl (C=O) groups excluding carboxylic acids is 3. The molecule has 1 fully saturated rings. The maximum atomic E-state index is 12.8. The third-order valence-electron chi connectivity index (χ3n) is 5.54. The fraction of sp³-hybridized carbons (Fsp3) is 0.625. The monoisotopic (exact) mass is 430 g/mol. The molecular formula is C24H38N4O3. The summed E-state index contributed by atoms with van der Waals surface area (Å²) in [5.74, 6) is 0.135. The first-order chi connectivity index (χ1) is 14.8. The van der Waals surface area contributed by atoms with Crippen molar-refractivity contribution in [2.24, 2.45) is 17.6 Å². The van der Waals surface area contributed by atoms with E-state index in [2.05, 4.69) is 10.6 Å². The fourth-order valence-corrected chi connectivity index (χ4v) is 3.54. The summed E-state index contributed by atoms with van der Waals surface area (Å²) in [6.07, 6.45) is 4.67. The number of benzene rings is 1. The van der Waals surface area contributed by atoms with Crippen molar-refractivity contribution in [3.05, 3.63) is 35.4 Å². The van der Waals surface area contributed by atoms with Crippen molar-refractivity contribution >= 4 is 17.7 Å². The van der Waals surface area contributed by atoms with Gasteiger partial charge in [0.2, 0.25) is 5.91 Å². The molecule has 172 valence electrons. The maximum Gasteiger partial charge on any atom is 0.253 e. The molecule has 0 spiro atoms. The third-order valence-corrected chi connectivity index (χ3v) is 5.54. The third kappa shape index (κ3) is 8.32. The van der Waals surface area contributed by atoms with Crippen LogP contribution in [0.15, 0.2) is 24.3 Å². The van der Waals surface area contributed by atoms with Crippen LogP contribution in [0.3, 0.4) is 0 Å². The lowest BCUT2D eigenvalue weighted by atomic mass is 10.0. The molecule has 0 heterocycles. The standard InChI is InChI=1S/C24H38N4O3/c1-4-11-28(12-5-2)24(31)20-8-6-7-19(14-20)23(30)27-16-21(25)13-17(3)22(29)26-15-18-9-10-18/h6-8,14,17-18,21H,4-5,9-13,15-16,25H2,1-3H3,(H,26,29)(H,27,30). The molecule has 7 heteroatoms. The molecular weight excluding hydrogens is 392 g/mol. The lowest BCUT2D eigenvalue weighted by Gasteiger charge is -2.21. The van der Waals surface area contributed by atoms with Crippen LogP contribution in [-0.4, -0.2) is 54.8 Å². The molecule has 1 aliphatic carbocycles. The molecule has 7 nitrogen and oxygen atoms in total. The van der Waals surface area contributed by atoms with Gasteiger partial charge >= 0.3 is 0 Å². The van der Waals surface area contributed by atoms with E-state index < -0.39 is 0 Å². The highest BCUT2D eigenvalue weighted by atomic mass is 16.2. The summed E-state index contributed by atoms with van der Waals surface area (Å²) in [5, 5.41) is 5.79. The Balaban J connectivity index is 1.85. The van der Waals surface area contributed by atoms with E-state index in [4.69, 9.17) is 5.73 Å². The summed E-state index contributed by atoms with van der Waals surface area (Å²) < 4.78 is 0. The molecule has 1 aliphatic rings. The van der Waals surface area contributed by atoms with Crippen molar-refractivity contribution < 1.29 is 14.4 Å². The molecule has 4 N–H and O–H groups in total.